The van der Waals surface area contributed by atoms with Gasteiger partial charge in [0.15, 0.2) is 11.6 Å². The number of phosphoric ester groups is 1. The van der Waals surface area contributed by atoms with Crippen molar-refractivity contribution in [2.24, 2.45) is 0 Å². The second-order valence-electron chi connectivity index (χ2n) is 20.3. The highest BCUT2D eigenvalue weighted by Gasteiger charge is 2.65. The first-order valence-electron chi connectivity index (χ1n) is 27.8. The quantitative estimate of drug-likeness (QED) is 0.0493. The van der Waals surface area contributed by atoms with Crippen molar-refractivity contribution in [2.75, 3.05) is 38.8 Å². The number of fused-ring (bicyclic) bond motifs is 2. The van der Waals surface area contributed by atoms with Crippen LogP contribution in [0.2, 0.25) is 0 Å². The van der Waals surface area contributed by atoms with E-state index in [0.29, 0.717) is 43.2 Å². The average molecular weight is 998 g/mol. The Kier molecular flexibility index (Phi) is 26.8. The van der Waals surface area contributed by atoms with E-state index in [2.05, 4.69) is 30.0 Å². The number of unbranched alkanes of at least 4 members (excludes halogenated alkanes) is 26. The molecule has 4 heterocycles. The largest absolute Gasteiger partial charge is 0.529 e. The minimum atomic E-state index is -4.30. The summed E-state index contributed by atoms with van der Waals surface area (Å²) in [4.78, 5) is 4.09. The van der Waals surface area contributed by atoms with Gasteiger partial charge < -0.3 is 33.9 Å². The number of nitrogen functional groups attached to an aromatic ring is 1. The third-order valence-electron chi connectivity index (χ3n) is 13.8. The van der Waals surface area contributed by atoms with Gasteiger partial charge in [0, 0.05) is 19.6 Å². The van der Waals surface area contributed by atoms with Gasteiger partial charge in [-0.2, -0.15) is 10.4 Å². The zero-order chi connectivity index (χ0) is 49.8. The van der Waals surface area contributed by atoms with Crippen LogP contribution in [0.15, 0.2) is 42.4 Å². The van der Waals surface area contributed by atoms with E-state index >= 15 is 0 Å². The van der Waals surface area contributed by atoms with Gasteiger partial charge in [-0.05, 0) is 44.9 Å². The Morgan fingerprint density at radius 1 is 0.757 bits per heavy atom. The third-order valence-corrected chi connectivity index (χ3v) is 15.2. The molecule has 5 rings (SSSR count). The number of allylic oxidation sites excluding steroid dienone is 3. The Labute approximate surface area is 422 Å². The summed E-state index contributed by atoms with van der Waals surface area (Å²) >= 11 is 0. The first-order valence-corrected chi connectivity index (χ1v) is 29.3. The highest BCUT2D eigenvalue weighted by molar-refractivity contribution is 7.48. The van der Waals surface area contributed by atoms with Crippen LogP contribution in [0.4, 0.5) is 5.82 Å². The van der Waals surface area contributed by atoms with Crippen molar-refractivity contribution in [3.05, 3.63) is 48.1 Å². The van der Waals surface area contributed by atoms with Crippen molar-refractivity contribution in [2.45, 2.75) is 250 Å². The summed E-state index contributed by atoms with van der Waals surface area (Å²) in [5.41, 5.74) is 5.38. The fourth-order valence-corrected chi connectivity index (χ4v) is 11.1. The van der Waals surface area contributed by atoms with Crippen LogP contribution >= 0.6 is 7.82 Å². The molecule has 0 spiro atoms. The maximum atomic E-state index is 14.7. The number of aromatic nitrogens is 3. The fraction of sp³-hybridized carbons (Fsp3) is 0.800. The van der Waals surface area contributed by atoms with E-state index in [4.69, 9.17) is 43.0 Å². The Balaban J connectivity index is 1.12. The van der Waals surface area contributed by atoms with Crippen molar-refractivity contribution < 1.29 is 41.8 Å². The normalized spacial score (nSPS) is 21.8. The lowest BCUT2D eigenvalue weighted by atomic mass is 9.92. The highest BCUT2D eigenvalue weighted by atomic mass is 31.2. The van der Waals surface area contributed by atoms with Crippen molar-refractivity contribution in [1.82, 2.24) is 14.6 Å². The summed E-state index contributed by atoms with van der Waals surface area (Å²) < 4.78 is 66.4. The summed E-state index contributed by atoms with van der Waals surface area (Å²) in [6, 6.07) is 5.80. The van der Waals surface area contributed by atoms with Gasteiger partial charge in [-0.15, -0.1) is 0 Å². The smallest absolute Gasteiger partial charge is 0.408 e. The molecule has 15 heteroatoms. The van der Waals surface area contributed by atoms with E-state index in [-0.39, 0.29) is 19.0 Å². The second kappa shape index (κ2) is 32.4. The summed E-state index contributed by atoms with van der Waals surface area (Å²) in [6.45, 7) is 9.20. The molecule has 396 valence electrons. The summed E-state index contributed by atoms with van der Waals surface area (Å²) in [7, 11) is -4.30. The van der Waals surface area contributed by atoms with Crippen LogP contribution in [0.25, 0.3) is 5.52 Å². The van der Waals surface area contributed by atoms with Crippen LogP contribution in [0.5, 0.6) is 0 Å². The molecule has 1 aliphatic carbocycles. The first-order chi connectivity index (χ1) is 34.1. The van der Waals surface area contributed by atoms with Crippen LogP contribution in [-0.2, 0) is 47.4 Å². The molecular weight excluding hydrogens is 906 g/mol. The van der Waals surface area contributed by atoms with E-state index in [1.807, 2.05) is 12.2 Å². The van der Waals surface area contributed by atoms with Crippen LogP contribution in [-0.4, -0.2) is 77.8 Å². The van der Waals surface area contributed by atoms with E-state index in [1.165, 1.54) is 165 Å². The summed E-state index contributed by atoms with van der Waals surface area (Å²) in [5, 5.41) is 15.2. The first kappa shape index (κ1) is 58.0. The van der Waals surface area contributed by atoms with Gasteiger partial charge in [0.2, 0.25) is 5.60 Å². The Hall–Kier alpha value is -2.86. The topological polar surface area (TPSA) is 171 Å². The molecule has 1 unspecified atom stereocenters. The molecule has 2 aliphatic heterocycles. The van der Waals surface area contributed by atoms with Gasteiger partial charge in [-0.1, -0.05) is 193 Å². The number of anilines is 1. The molecule has 2 aromatic rings. The van der Waals surface area contributed by atoms with Gasteiger partial charge in [0.25, 0.3) is 0 Å². The molecule has 0 radical (unpaired) electrons. The third kappa shape index (κ3) is 19.5. The van der Waals surface area contributed by atoms with Gasteiger partial charge >= 0.3 is 7.82 Å². The molecule has 0 amide bonds. The van der Waals surface area contributed by atoms with Gasteiger partial charge in [0.05, 0.1) is 25.5 Å². The molecule has 0 aromatic carbocycles. The SMILES string of the molecule is CCCCCCCCCCCCCCCCOC[C@H](COP(=O)(OC[C@H]1O[C@@](C#N)(c2ccc3c(N)ncnn23)[C@@H]2OC(C)(C)O[C@@H]21)OC1=CC=CC1)OCCCCCCCCCCCCCCCC. The van der Waals surface area contributed by atoms with E-state index < -0.39 is 43.6 Å². The lowest BCUT2D eigenvalue weighted by Crippen LogP contribution is -2.40. The van der Waals surface area contributed by atoms with Gasteiger partial charge in [0.1, 0.15) is 48.1 Å². The molecule has 0 saturated carbocycles. The average Bonchev–Trinajstić information content (AvgIpc) is 4.15. The number of rotatable bonds is 42. The Bertz CT molecular complexity index is 1900. The summed E-state index contributed by atoms with van der Waals surface area (Å²) in [6.07, 6.45) is 40.4. The zero-order valence-electron chi connectivity index (χ0n) is 43.8. The molecule has 70 heavy (non-hydrogen) atoms. The van der Waals surface area contributed by atoms with Crippen molar-refractivity contribution in [3.63, 3.8) is 0 Å². The molecular formula is C55H92N5O9P. The highest BCUT2D eigenvalue weighted by Crippen LogP contribution is 2.55. The predicted octanol–water partition coefficient (Wildman–Crippen LogP) is 14.3. The lowest BCUT2D eigenvalue weighted by molar-refractivity contribution is -0.204. The second-order valence-corrected chi connectivity index (χ2v) is 21.9. The minimum Gasteiger partial charge on any atom is -0.408 e. The molecule has 2 N–H and O–H groups in total. The molecule has 2 fully saturated rings. The minimum absolute atomic E-state index is 0.0705. The zero-order valence-corrected chi connectivity index (χ0v) is 44.7. The van der Waals surface area contributed by atoms with Gasteiger partial charge in [-0.25, -0.2) is 14.1 Å². The fourth-order valence-electron chi connectivity index (χ4n) is 9.84. The standard InChI is InChI=1S/C55H92N5O9P/c1-5-7-9-11-13-15-17-19-21-23-25-27-29-33-39-62-41-47(63-40-34-30-28-26-24-22-20-18-16-14-12-10-8-6-2)42-64-70(61,69-46-35-31-32-36-46)65-43-49-51-52(68-54(3,4)67-51)55(44-56,66-49)50-38-37-48-53(57)58-45-59-60(48)50/h31-32,35,37-38,45,47,49,51-52H,5-30,33-34,36,39-43H2,1-4H3,(H2,57,58,59)/t47-,49-,51-,52-,55+,70?/m1/s1. The number of hydrogen-bond donors (Lipinski definition) is 1. The molecule has 2 saturated heterocycles. The number of phosphoric acid groups is 1. The van der Waals surface area contributed by atoms with E-state index in [0.717, 1.165) is 25.7 Å². The maximum Gasteiger partial charge on any atom is 0.529 e. The van der Waals surface area contributed by atoms with Crippen LogP contribution in [0, 0.1) is 11.3 Å². The number of hydrogen-bond acceptors (Lipinski definition) is 13. The van der Waals surface area contributed by atoms with E-state index in [9.17, 15) is 9.83 Å². The van der Waals surface area contributed by atoms with Crippen LogP contribution in [0.1, 0.15) is 220 Å². The molecule has 2 aromatic heterocycles. The van der Waals surface area contributed by atoms with Crippen molar-refractivity contribution in [3.8, 4) is 6.07 Å². The van der Waals surface area contributed by atoms with E-state index in [1.54, 1.807) is 32.1 Å². The number of nitrogens with zero attached hydrogens (tertiary/aromatic N) is 4. The van der Waals surface area contributed by atoms with Crippen LogP contribution in [0.3, 0.4) is 0 Å². The molecule has 0 bridgehead atoms. The number of ether oxygens (including phenoxy) is 5. The molecule has 3 aliphatic rings. The summed E-state index contributed by atoms with van der Waals surface area (Å²) in [5.74, 6) is -0.352. The maximum absolute atomic E-state index is 14.7. The van der Waals surface area contributed by atoms with Crippen LogP contribution < -0.4 is 5.73 Å². The van der Waals surface area contributed by atoms with Crippen molar-refractivity contribution in [1.29, 1.82) is 5.26 Å². The Morgan fingerprint density at radius 3 is 1.86 bits per heavy atom. The van der Waals surface area contributed by atoms with Gasteiger partial charge in [-0.3, -0.25) is 9.05 Å². The number of nitriles is 1. The van der Waals surface area contributed by atoms with Crippen molar-refractivity contribution >= 4 is 19.2 Å². The predicted molar refractivity (Wildman–Crippen MR) is 277 cm³/mol. The Morgan fingerprint density at radius 2 is 1.31 bits per heavy atom. The monoisotopic (exact) mass is 998 g/mol. The molecule has 14 nitrogen and oxygen atoms in total. The lowest BCUT2D eigenvalue weighted by Gasteiger charge is -2.29. The number of nitrogens with two attached hydrogens (primary N) is 1. The molecule has 6 atom stereocenters.